The molecule has 0 aliphatic rings. The fraction of sp³-hybridized carbons (Fsp3) is 0.211. The van der Waals surface area contributed by atoms with Gasteiger partial charge in [-0.1, -0.05) is 42.0 Å². The summed E-state index contributed by atoms with van der Waals surface area (Å²) in [4.78, 5) is 0. The fourth-order valence-electron chi connectivity index (χ4n) is 2.36. The van der Waals surface area contributed by atoms with Crippen molar-refractivity contribution in [2.45, 2.75) is 23.8 Å². The maximum atomic E-state index is 9.43. The third-order valence-electron chi connectivity index (χ3n) is 3.67. The first-order chi connectivity index (χ1) is 12.2. The van der Waals surface area contributed by atoms with E-state index in [1.165, 1.54) is 17.3 Å². The zero-order valence-electron chi connectivity index (χ0n) is 14.0. The van der Waals surface area contributed by atoms with Crippen molar-refractivity contribution in [1.29, 1.82) is 5.26 Å². The van der Waals surface area contributed by atoms with E-state index in [1.54, 1.807) is 7.11 Å². The van der Waals surface area contributed by atoms with Crippen molar-refractivity contribution >= 4 is 11.8 Å². The van der Waals surface area contributed by atoms with Crippen LogP contribution in [-0.4, -0.2) is 22.6 Å². The monoisotopic (exact) mass is 351 g/mol. The minimum Gasteiger partial charge on any atom is -0.496 e. The number of ether oxygens (including phenoxy) is 1. The Kier molecular flexibility index (Phi) is 5.36. The topological polar surface area (TPSA) is 71.9 Å². The van der Waals surface area contributed by atoms with Crippen LogP contribution in [-0.2, 0) is 6.42 Å². The molecule has 0 aliphatic heterocycles. The number of aryl methyl sites for hydroxylation is 1. The van der Waals surface area contributed by atoms with E-state index in [2.05, 4.69) is 16.3 Å². The summed E-state index contributed by atoms with van der Waals surface area (Å²) in [6.45, 7) is 2.04. The van der Waals surface area contributed by atoms with E-state index >= 15 is 0 Å². The molecule has 25 heavy (non-hydrogen) atoms. The van der Waals surface area contributed by atoms with Crippen molar-refractivity contribution in [3.8, 4) is 23.3 Å². The Bertz CT molecular complexity index is 884. The van der Waals surface area contributed by atoms with Crippen molar-refractivity contribution in [3.63, 3.8) is 0 Å². The van der Waals surface area contributed by atoms with E-state index in [9.17, 15) is 5.26 Å². The molecule has 1 unspecified atom stereocenters. The molecular formula is C19H17N3O2S. The smallest absolute Gasteiger partial charge is 0.278 e. The van der Waals surface area contributed by atoms with Crippen LogP contribution in [0.2, 0.25) is 0 Å². The van der Waals surface area contributed by atoms with E-state index in [4.69, 9.17) is 9.15 Å². The van der Waals surface area contributed by atoms with Crippen LogP contribution in [0.25, 0.3) is 11.5 Å². The molecule has 0 saturated heterocycles. The molecule has 0 N–H and O–H groups in total. The van der Waals surface area contributed by atoms with Gasteiger partial charge in [-0.05, 0) is 42.8 Å². The van der Waals surface area contributed by atoms with E-state index in [1.807, 2.05) is 55.5 Å². The summed E-state index contributed by atoms with van der Waals surface area (Å²) in [6, 6.07) is 17.9. The van der Waals surface area contributed by atoms with Crippen LogP contribution in [0.3, 0.4) is 0 Å². The molecule has 0 spiro atoms. The second-order valence-electron chi connectivity index (χ2n) is 5.50. The number of hydrogen-bond donors (Lipinski definition) is 0. The summed E-state index contributed by atoms with van der Waals surface area (Å²) in [6.07, 6.45) is 0.619. The molecule has 6 heteroatoms. The van der Waals surface area contributed by atoms with Crippen LogP contribution in [0.15, 0.2) is 58.2 Å². The molecule has 126 valence electrons. The summed E-state index contributed by atoms with van der Waals surface area (Å²) < 4.78 is 11.0. The lowest BCUT2D eigenvalue weighted by Crippen LogP contribution is -2.03. The van der Waals surface area contributed by atoms with Gasteiger partial charge in [0, 0.05) is 0 Å². The summed E-state index contributed by atoms with van der Waals surface area (Å²) in [5.74, 6) is 1.05. The Morgan fingerprint density at radius 2 is 1.92 bits per heavy atom. The minimum absolute atomic E-state index is 0.298. The van der Waals surface area contributed by atoms with Gasteiger partial charge in [0.1, 0.15) is 11.0 Å². The predicted octanol–water partition coefficient (Wildman–Crippen LogP) is 4.28. The molecule has 1 atom stereocenters. The van der Waals surface area contributed by atoms with Gasteiger partial charge in [-0.25, -0.2) is 0 Å². The number of rotatable bonds is 6. The molecule has 3 aromatic rings. The third-order valence-corrected chi connectivity index (χ3v) is 4.60. The molecule has 0 amide bonds. The van der Waals surface area contributed by atoms with Gasteiger partial charge in [-0.3, -0.25) is 0 Å². The van der Waals surface area contributed by atoms with Crippen molar-refractivity contribution in [1.82, 2.24) is 10.2 Å². The number of benzene rings is 2. The molecule has 0 saturated carbocycles. The first-order valence-electron chi connectivity index (χ1n) is 7.78. The van der Waals surface area contributed by atoms with Gasteiger partial charge in [0.25, 0.3) is 11.1 Å². The lowest BCUT2D eigenvalue weighted by atomic mass is 10.1. The Balaban J connectivity index is 1.73. The van der Waals surface area contributed by atoms with Crippen LogP contribution in [0.5, 0.6) is 5.75 Å². The van der Waals surface area contributed by atoms with Gasteiger partial charge in [-0.2, -0.15) is 5.26 Å². The number of para-hydroxylation sites is 1. The van der Waals surface area contributed by atoms with E-state index in [0.29, 0.717) is 23.3 Å². The third kappa shape index (κ3) is 4.20. The molecule has 2 aromatic carbocycles. The van der Waals surface area contributed by atoms with E-state index in [-0.39, 0.29) is 5.25 Å². The Hall–Kier alpha value is -2.78. The summed E-state index contributed by atoms with van der Waals surface area (Å²) in [5.41, 5.74) is 3.04. The Labute approximate surface area is 150 Å². The van der Waals surface area contributed by atoms with Crippen LogP contribution < -0.4 is 4.74 Å². The molecule has 1 heterocycles. The van der Waals surface area contributed by atoms with Crippen LogP contribution in [0.4, 0.5) is 0 Å². The average Bonchev–Trinajstić information content (AvgIpc) is 3.11. The molecule has 1 aromatic heterocycles. The van der Waals surface area contributed by atoms with Crippen molar-refractivity contribution in [2.75, 3.05) is 7.11 Å². The van der Waals surface area contributed by atoms with E-state index in [0.717, 1.165) is 11.1 Å². The maximum absolute atomic E-state index is 9.43. The highest BCUT2D eigenvalue weighted by Crippen LogP contribution is 2.32. The van der Waals surface area contributed by atoms with Crippen molar-refractivity contribution in [2.24, 2.45) is 0 Å². The quantitative estimate of drug-likeness (QED) is 0.617. The Morgan fingerprint density at radius 3 is 2.64 bits per heavy atom. The molecule has 5 nitrogen and oxygen atoms in total. The van der Waals surface area contributed by atoms with E-state index < -0.39 is 0 Å². The first-order valence-corrected chi connectivity index (χ1v) is 8.66. The highest BCUT2D eigenvalue weighted by Gasteiger charge is 2.18. The molecular weight excluding hydrogens is 334 g/mol. The molecule has 0 radical (unpaired) electrons. The van der Waals surface area contributed by atoms with Gasteiger partial charge in [0.2, 0.25) is 0 Å². The van der Waals surface area contributed by atoms with Gasteiger partial charge >= 0.3 is 0 Å². The van der Waals surface area contributed by atoms with Crippen molar-refractivity contribution in [3.05, 3.63) is 59.7 Å². The highest BCUT2D eigenvalue weighted by atomic mass is 32.2. The molecule has 3 rings (SSSR count). The number of methoxy groups -OCH3 is 1. The zero-order valence-corrected chi connectivity index (χ0v) is 14.8. The summed E-state index contributed by atoms with van der Waals surface area (Å²) in [5, 5.41) is 17.6. The number of aromatic nitrogens is 2. The highest BCUT2D eigenvalue weighted by molar-refractivity contribution is 7.99. The second-order valence-corrected chi connectivity index (χ2v) is 6.65. The van der Waals surface area contributed by atoms with Gasteiger partial charge in [-0.15, -0.1) is 10.2 Å². The minimum atomic E-state index is -0.298. The number of nitriles is 1. The SMILES string of the molecule is COc1ccccc1-c1nnc(SC(C#N)Cc2ccc(C)cc2)o1. The normalized spacial score (nSPS) is 11.7. The van der Waals surface area contributed by atoms with Crippen LogP contribution >= 0.6 is 11.8 Å². The van der Waals surface area contributed by atoms with Gasteiger partial charge in [0.15, 0.2) is 0 Å². The maximum Gasteiger partial charge on any atom is 0.278 e. The second kappa shape index (κ2) is 7.86. The van der Waals surface area contributed by atoms with Crippen LogP contribution in [0, 0.1) is 18.3 Å². The number of thioether (sulfide) groups is 1. The van der Waals surface area contributed by atoms with Gasteiger partial charge in [0.05, 0.1) is 18.7 Å². The summed E-state index contributed by atoms with van der Waals surface area (Å²) >= 11 is 1.27. The fourth-order valence-corrected chi connectivity index (χ4v) is 3.15. The lowest BCUT2D eigenvalue weighted by molar-refractivity contribution is 0.411. The zero-order chi connectivity index (χ0) is 17.6. The largest absolute Gasteiger partial charge is 0.496 e. The summed E-state index contributed by atoms with van der Waals surface area (Å²) in [7, 11) is 1.60. The van der Waals surface area contributed by atoms with Crippen molar-refractivity contribution < 1.29 is 9.15 Å². The molecule has 0 bridgehead atoms. The Morgan fingerprint density at radius 1 is 1.16 bits per heavy atom. The predicted molar refractivity (Wildman–Crippen MR) is 96.4 cm³/mol. The van der Waals surface area contributed by atoms with Crippen LogP contribution in [0.1, 0.15) is 11.1 Å². The molecule has 0 aliphatic carbocycles. The lowest BCUT2D eigenvalue weighted by Gasteiger charge is -2.06. The number of nitrogens with zero attached hydrogens (tertiary/aromatic N) is 3. The molecule has 0 fully saturated rings. The van der Waals surface area contributed by atoms with Gasteiger partial charge < -0.3 is 9.15 Å². The standard InChI is InChI=1S/C19H17N3O2S/c1-13-7-9-14(10-8-13)11-15(12-20)25-19-22-21-18(24-19)16-5-3-4-6-17(16)23-2/h3-10,15H,11H2,1-2H3. The average molecular weight is 351 g/mol. The first kappa shape index (κ1) is 17.1. The number of hydrogen-bond acceptors (Lipinski definition) is 6.